The van der Waals surface area contributed by atoms with Gasteiger partial charge in [-0.25, -0.2) is 13.1 Å². The lowest BCUT2D eigenvalue weighted by Crippen LogP contribution is -2.44. The van der Waals surface area contributed by atoms with Gasteiger partial charge in [-0.1, -0.05) is 19.1 Å². The molecule has 0 aromatic rings. The van der Waals surface area contributed by atoms with E-state index in [-0.39, 0.29) is 17.3 Å². The van der Waals surface area contributed by atoms with Crippen LogP contribution in [0.5, 0.6) is 0 Å². The zero-order chi connectivity index (χ0) is 11.2. The van der Waals surface area contributed by atoms with Gasteiger partial charge in [0, 0.05) is 7.11 Å². The minimum Gasteiger partial charge on any atom is -0.392 e. The van der Waals surface area contributed by atoms with Crippen molar-refractivity contribution in [2.24, 2.45) is 5.73 Å². The van der Waals surface area contributed by atoms with Crippen LogP contribution in [0.2, 0.25) is 0 Å². The molecule has 0 spiro atoms. The molecule has 5 nitrogen and oxygen atoms in total. The monoisotopic (exact) mass is 240 g/mol. The van der Waals surface area contributed by atoms with E-state index in [1.165, 1.54) is 7.11 Å². The lowest BCUT2D eigenvalue weighted by molar-refractivity contribution is 0.217. The summed E-state index contributed by atoms with van der Waals surface area (Å²) in [7, 11) is -1.90. The van der Waals surface area contributed by atoms with Crippen molar-refractivity contribution in [2.75, 3.05) is 19.5 Å². The Labute approximate surface area is 90.1 Å². The second-order valence-corrected chi connectivity index (χ2v) is 5.14. The maximum atomic E-state index is 11.4. The van der Waals surface area contributed by atoms with Crippen LogP contribution in [0.15, 0.2) is 0 Å². The van der Waals surface area contributed by atoms with E-state index < -0.39 is 16.1 Å². The molecule has 0 saturated carbocycles. The molecule has 0 rings (SSSR count). The Hall–Kier alpha value is -0.240. The molecule has 0 aliphatic heterocycles. The topological polar surface area (TPSA) is 81.4 Å². The van der Waals surface area contributed by atoms with E-state index in [9.17, 15) is 8.42 Å². The summed E-state index contributed by atoms with van der Waals surface area (Å²) in [6, 6.07) is -0.466. The Balaban J connectivity index is 4.26. The van der Waals surface area contributed by atoms with Crippen molar-refractivity contribution in [1.82, 2.24) is 4.72 Å². The number of nitrogens with two attached hydrogens (primary N) is 1. The standard InChI is InChI=1S/C7H16N2O3S2/c1-3-6(7(8)13)9-14(10,11)5-4-12-2/h6,9H,3-5H2,1-2H3,(H2,8,13). The first-order valence-corrected chi connectivity index (χ1v) is 6.27. The highest BCUT2D eigenvalue weighted by Gasteiger charge is 2.17. The van der Waals surface area contributed by atoms with Crippen LogP contribution in [-0.2, 0) is 14.8 Å². The van der Waals surface area contributed by atoms with Gasteiger partial charge in [-0.05, 0) is 6.42 Å². The second kappa shape index (κ2) is 6.28. The van der Waals surface area contributed by atoms with Crippen molar-refractivity contribution in [3.8, 4) is 0 Å². The van der Waals surface area contributed by atoms with E-state index in [2.05, 4.69) is 9.46 Å². The molecule has 3 N–H and O–H groups in total. The second-order valence-electron chi connectivity index (χ2n) is 2.79. The smallest absolute Gasteiger partial charge is 0.214 e. The van der Waals surface area contributed by atoms with Gasteiger partial charge in [0.05, 0.1) is 23.4 Å². The van der Waals surface area contributed by atoms with E-state index in [1.54, 1.807) is 0 Å². The summed E-state index contributed by atoms with van der Waals surface area (Å²) in [6.45, 7) is 1.96. The van der Waals surface area contributed by atoms with Gasteiger partial charge in [-0.2, -0.15) is 0 Å². The van der Waals surface area contributed by atoms with Crippen molar-refractivity contribution in [3.05, 3.63) is 0 Å². The van der Waals surface area contributed by atoms with E-state index in [1.807, 2.05) is 6.92 Å². The van der Waals surface area contributed by atoms with Crippen LogP contribution in [0, 0.1) is 0 Å². The summed E-state index contributed by atoms with van der Waals surface area (Å²) < 4.78 is 29.8. The maximum Gasteiger partial charge on any atom is 0.214 e. The molecule has 0 amide bonds. The fourth-order valence-electron chi connectivity index (χ4n) is 0.811. The van der Waals surface area contributed by atoms with Gasteiger partial charge in [0.2, 0.25) is 10.0 Å². The number of thiocarbonyl (C=S) groups is 1. The van der Waals surface area contributed by atoms with Crippen LogP contribution in [-0.4, -0.2) is 38.9 Å². The average Bonchev–Trinajstić information content (AvgIpc) is 2.10. The van der Waals surface area contributed by atoms with Gasteiger partial charge < -0.3 is 10.5 Å². The largest absolute Gasteiger partial charge is 0.392 e. The highest BCUT2D eigenvalue weighted by atomic mass is 32.2. The summed E-state index contributed by atoms with van der Waals surface area (Å²) in [5.74, 6) is -0.0807. The molecule has 1 atom stereocenters. The van der Waals surface area contributed by atoms with Crippen molar-refractivity contribution < 1.29 is 13.2 Å². The average molecular weight is 240 g/mol. The molecule has 0 aromatic carbocycles. The first kappa shape index (κ1) is 13.8. The van der Waals surface area contributed by atoms with Crippen LogP contribution in [0.25, 0.3) is 0 Å². The van der Waals surface area contributed by atoms with Crippen molar-refractivity contribution >= 4 is 27.2 Å². The summed E-state index contributed by atoms with van der Waals surface area (Å²) in [6.07, 6.45) is 0.543. The van der Waals surface area contributed by atoms with Crippen LogP contribution in [0.3, 0.4) is 0 Å². The number of ether oxygens (including phenoxy) is 1. The van der Waals surface area contributed by atoms with Gasteiger partial charge in [-0.3, -0.25) is 0 Å². The van der Waals surface area contributed by atoms with Crippen molar-refractivity contribution in [3.63, 3.8) is 0 Å². The molecule has 0 fully saturated rings. The number of hydrogen-bond acceptors (Lipinski definition) is 4. The Morgan fingerprint density at radius 3 is 2.57 bits per heavy atom. The van der Waals surface area contributed by atoms with Crippen LogP contribution in [0.4, 0.5) is 0 Å². The number of hydrogen-bond donors (Lipinski definition) is 2. The molecule has 7 heteroatoms. The van der Waals surface area contributed by atoms with Crippen LogP contribution in [0.1, 0.15) is 13.3 Å². The zero-order valence-corrected chi connectivity index (χ0v) is 9.95. The minimum atomic E-state index is -3.34. The van der Waals surface area contributed by atoms with E-state index >= 15 is 0 Å². The van der Waals surface area contributed by atoms with Gasteiger partial charge in [0.15, 0.2) is 0 Å². The van der Waals surface area contributed by atoms with Gasteiger partial charge in [-0.15, -0.1) is 0 Å². The number of rotatable bonds is 7. The Bertz CT molecular complexity index is 277. The van der Waals surface area contributed by atoms with Gasteiger partial charge >= 0.3 is 0 Å². The molecule has 0 aromatic heterocycles. The Morgan fingerprint density at radius 2 is 2.21 bits per heavy atom. The lowest BCUT2D eigenvalue weighted by atomic mass is 10.2. The highest BCUT2D eigenvalue weighted by molar-refractivity contribution is 7.89. The molecule has 0 saturated heterocycles. The summed E-state index contributed by atoms with van der Waals surface area (Å²) in [5, 5.41) is 0. The normalized spacial score (nSPS) is 13.9. The molecule has 0 heterocycles. The molecule has 0 radical (unpaired) electrons. The predicted molar refractivity (Wildman–Crippen MR) is 59.7 cm³/mol. The van der Waals surface area contributed by atoms with Crippen molar-refractivity contribution in [2.45, 2.75) is 19.4 Å². The van der Waals surface area contributed by atoms with Crippen molar-refractivity contribution in [1.29, 1.82) is 0 Å². The quantitative estimate of drug-likeness (QED) is 0.593. The number of sulfonamides is 1. The molecular weight excluding hydrogens is 224 g/mol. The molecule has 14 heavy (non-hydrogen) atoms. The molecule has 84 valence electrons. The minimum absolute atomic E-state index is 0.0807. The molecule has 0 aliphatic rings. The fraction of sp³-hybridized carbons (Fsp3) is 0.857. The first-order valence-electron chi connectivity index (χ1n) is 4.21. The molecule has 0 bridgehead atoms. The fourth-order valence-corrected chi connectivity index (χ4v) is 2.34. The third-order valence-corrected chi connectivity index (χ3v) is 3.26. The third-order valence-electron chi connectivity index (χ3n) is 1.63. The SMILES string of the molecule is CCC(NS(=O)(=O)CCOC)C(N)=S. The van der Waals surface area contributed by atoms with Gasteiger partial charge in [0.25, 0.3) is 0 Å². The maximum absolute atomic E-state index is 11.4. The summed E-state index contributed by atoms with van der Waals surface area (Å²) in [4.78, 5) is 0.161. The zero-order valence-electron chi connectivity index (χ0n) is 8.32. The third kappa shape index (κ3) is 5.48. The summed E-state index contributed by atoms with van der Waals surface area (Å²) in [5.41, 5.74) is 5.36. The Morgan fingerprint density at radius 1 is 1.64 bits per heavy atom. The Kier molecular flexibility index (Phi) is 6.17. The van der Waals surface area contributed by atoms with E-state index in [0.717, 1.165) is 0 Å². The highest BCUT2D eigenvalue weighted by Crippen LogP contribution is 1.95. The number of methoxy groups -OCH3 is 1. The lowest BCUT2D eigenvalue weighted by Gasteiger charge is -2.15. The first-order chi connectivity index (χ1) is 6.43. The molecular formula is C7H16N2O3S2. The van der Waals surface area contributed by atoms with E-state index in [0.29, 0.717) is 6.42 Å². The summed E-state index contributed by atoms with van der Waals surface area (Å²) >= 11 is 4.72. The van der Waals surface area contributed by atoms with Crippen LogP contribution < -0.4 is 10.5 Å². The molecule has 1 unspecified atom stereocenters. The van der Waals surface area contributed by atoms with E-state index in [4.69, 9.17) is 18.0 Å². The van der Waals surface area contributed by atoms with Gasteiger partial charge in [0.1, 0.15) is 0 Å². The number of nitrogens with one attached hydrogen (secondary N) is 1. The predicted octanol–water partition coefficient (Wildman–Crippen LogP) is -0.383. The van der Waals surface area contributed by atoms with Crippen LogP contribution >= 0.6 is 12.2 Å². The molecule has 0 aliphatic carbocycles.